The van der Waals surface area contributed by atoms with E-state index in [1.807, 2.05) is 0 Å². The molecule has 1 heterocycles. The molecule has 0 saturated carbocycles. The van der Waals surface area contributed by atoms with Crippen molar-refractivity contribution in [2.45, 2.75) is 19.1 Å². The molecule has 0 amide bonds. The molecule has 0 spiro atoms. The average molecular weight is 240 g/mol. The van der Waals surface area contributed by atoms with Gasteiger partial charge in [0.2, 0.25) is 6.79 Å². The minimum absolute atomic E-state index is 0.203. The second-order valence-electron chi connectivity index (χ2n) is 3.84. The molecule has 17 heavy (non-hydrogen) atoms. The standard InChI is InChI=1S/C12H16O5/c1-7(13)12(15-3)8-4-10-11(17-6-16-10)5-9(8)14-2/h4-5,7,12-13H,6H2,1-3H3/t7-,12-/m1/s1. The largest absolute Gasteiger partial charge is 0.496 e. The Labute approximate surface area is 99.9 Å². The molecule has 1 aliphatic heterocycles. The van der Waals surface area contributed by atoms with Gasteiger partial charge in [-0.2, -0.15) is 0 Å². The van der Waals surface area contributed by atoms with E-state index < -0.39 is 12.2 Å². The maximum absolute atomic E-state index is 9.68. The van der Waals surface area contributed by atoms with Gasteiger partial charge in [0.15, 0.2) is 11.5 Å². The molecule has 0 saturated heterocycles. The third-order valence-electron chi connectivity index (χ3n) is 2.72. The van der Waals surface area contributed by atoms with Gasteiger partial charge in [0.1, 0.15) is 11.9 Å². The Kier molecular flexibility index (Phi) is 3.40. The Hall–Kier alpha value is -1.46. The summed E-state index contributed by atoms with van der Waals surface area (Å²) in [5.41, 5.74) is 0.745. The molecule has 0 radical (unpaired) electrons. The number of hydrogen-bond acceptors (Lipinski definition) is 5. The van der Waals surface area contributed by atoms with E-state index in [9.17, 15) is 5.11 Å². The van der Waals surface area contributed by atoms with E-state index >= 15 is 0 Å². The molecule has 1 aromatic rings. The topological polar surface area (TPSA) is 57.2 Å². The zero-order valence-corrected chi connectivity index (χ0v) is 10.1. The first-order chi connectivity index (χ1) is 8.17. The van der Waals surface area contributed by atoms with Crippen LogP contribution in [0.4, 0.5) is 0 Å². The van der Waals surface area contributed by atoms with Gasteiger partial charge in [-0.15, -0.1) is 0 Å². The number of methoxy groups -OCH3 is 2. The van der Waals surface area contributed by atoms with Gasteiger partial charge in [-0.1, -0.05) is 0 Å². The van der Waals surface area contributed by atoms with Gasteiger partial charge in [-0.3, -0.25) is 0 Å². The van der Waals surface area contributed by atoms with Crippen molar-refractivity contribution in [2.24, 2.45) is 0 Å². The first-order valence-corrected chi connectivity index (χ1v) is 5.35. The minimum Gasteiger partial charge on any atom is -0.496 e. The van der Waals surface area contributed by atoms with Gasteiger partial charge in [0.05, 0.1) is 13.2 Å². The van der Waals surface area contributed by atoms with Crippen LogP contribution >= 0.6 is 0 Å². The molecule has 1 N–H and O–H groups in total. The normalized spacial score (nSPS) is 16.7. The van der Waals surface area contributed by atoms with E-state index in [0.29, 0.717) is 17.2 Å². The van der Waals surface area contributed by atoms with Crippen molar-refractivity contribution >= 4 is 0 Å². The summed E-state index contributed by atoms with van der Waals surface area (Å²) in [6.07, 6.45) is -1.10. The van der Waals surface area contributed by atoms with Crippen molar-refractivity contribution in [3.05, 3.63) is 17.7 Å². The van der Waals surface area contributed by atoms with E-state index in [-0.39, 0.29) is 6.79 Å². The van der Waals surface area contributed by atoms with Crippen molar-refractivity contribution < 1.29 is 24.1 Å². The summed E-state index contributed by atoms with van der Waals surface area (Å²) in [6.45, 7) is 1.87. The molecule has 2 rings (SSSR count). The molecule has 1 aliphatic rings. The molecule has 0 bridgehead atoms. The van der Waals surface area contributed by atoms with Crippen molar-refractivity contribution in [1.82, 2.24) is 0 Å². The summed E-state index contributed by atoms with van der Waals surface area (Å²) in [6, 6.07) is 3.52. The lowest BCUT2D eigenvalue weighted by molar-refractivity contribution is -0.00481. The highest BCUT2D eigenvalue weighted by molar-refractivity contribution is 5.52. The Morgan fingerprint density at radius 1 is 1.24 bits per heavy atom. The summed E-state index contributed by atoms with van der Waals surface area (Å²) in [7, 11) is 3.11. The van der Waals surface area contributed by atoms with E-state index in [0.717, 1.165) is 5.56 Å². The molecule has 94 valence electrons. The summed E-state index contributed by atoms with van der Waals surface area (Å²) < 4.78 is 21.1. The SMILES string of the molecule is COc1cc2c(cc1[C@H](OC)[C@@H](C)O)OCO2. The van der Waals surface area contributed by atoms with Crippen LogP contribution in [0.2, 0.25) is 0 Å². The third-order valence-corrected chi connectivity index (χ3v) is 2.72. The Morgan fingerprint density at radius 3 is 2.41 bits per heavy atom. The quantitative estimate of drug-likeness (QED) is 0.864. The van der Waals surface area contributed by atoms with Crippen molar-refractivity contribution in [3.8, 4) is 17.2 Å². The first-order valence-electron chi connectivity index (χ1n) is 5.35. The predicted molar refractivity (Wildman–Crippen MR) is 60.5 cm³/mol. The fourth-order valence-electron chi connectivity index (χ4n) is 1.92. The zero-order chi connectivity index (χ0) is 12.4. The van der Waals surface area contributed by atoms with Crippen LogP contribution in [0, 0.1) is 0 Å². The molecular weight excluding hydrogens is 224 g/mol. The fraction of sp³-hybridized carbons (Fsp3) is 0.500. The number of aliphatic hydroxyl groups is 1. The zero-order valence-electron chi connectivity index (χ0n) is 10.1. The van der Waals surface area contributed by atoms with Crippen LogP contribution in [0.5, 0.6) is 17.2 Å². The van der Waals surface area contributed by atoms with E-state index in [4.69, 9.17) is 18.9 Å². The predicted octanol–water partition coefficient (Wildman–Crippen LogP) is 1.49. The number of rotatable bonds is 4. The van der Waals surface area contributed by atoms with Crippen LogP contribution in [-0.2, 0) is 4.74 Å². The van der Waals surface area contributed by atoms with E-state index in [1.165, 1.54) is 0 Å². The van der Waals surface area contributed by atoms with Crippen LogP contribution in [0.1, 0.15) is 18.6 Å². The van der Waals surface area contributed by atoms with Gasteiger partial charge in [-0.05, 0) is 13.0 Å². The van der Waals surface area contributed by atoms with Crippen molar-refractivity contribution in [1.29, 1.82) is 0 Å². The molecule has 0 unspecified atom stereocenters. The fourth-order valence-corrected chi connectivity index (χ4v) is 1.92. The number of hydrogen-bond donors (Lipinski definition) is 1. The molecule has 2 atom stereocenters. The second kappa shape index (κ2) is 4.81. The first kappa shape index (κ1) is 12.0. The maximum atomic E-state index is 9.68. The van der Waals surface area contributed by atoms with Crippen LogP contribution in [0.25, 0.3) is 0 Å². The molecule has 1 aromatic carbocycles. The highest BCUT2D eigenvalue weighted by Gasteiger charge is 2.25. The van der Waals surface area contributed by atoms with Gasteiger partial charge in [0.25, 0.3) is 0 Å². The number of benzene rings is 1. The summed E-state index contributed by atoms with van der Waals surface area (Å²) >= 11 is 0. The van der Waals surface area contributed by atoms with Gasteiger partial charge in [-0.25, -0.2) is 0 Å². The molecule has 0 fully saturated rings. The number of fused-ring (bicyclic) bond motifs is 1. The summed E-state index contributed by atoms with van der Waals surface area (Å²) in [5, 5.41) is 9.68. The highest BCUT2D eigenvalue weighted by Crippen LogP contribution is 2.41. The van der Waals surface area contributed by atoms with Crippen LogP contribution in [0.3, 0.4) is 0 Å². The lowest BCUT2D eigenvalue weighted by Gasteiger charge is -2.21. The van der Waals surface area contributed by atoms with Crippen LogP contribution in [-0.4, -0.2) is 32.2 Å². The lowest BCUT2D eigenvalue weighted by Crippen LogP contribution is -2.17. The van der Waals surface area contributed by atoms with Gasteiger partial charge < -0.3 is 24.1 Å². The average Bonchev–Trinajstić information content (AvgIpc) is 2.75. The van der Waals surface area contributed by atoms with Crippen LogP contribution in [0.15, 0.2) is 12.1 Å². The molecule has 0 aliphatic carbocycles. The molecule has 5 heteroatoms. The minimum atomic E-state index is -0.644. The number of ether oxygens (including phenoxy) is 4. The highest BCUT2D eigenvalue weighted by atomic mass is 16.7. The Balaban J connectivity index is 2.44. The molecule has 0 aromatic heterocycles. The summed E-state index contributed by atoms with van der Waals surface area (Å²) in [4.78, 5) is 0. The monoisotopic (exact) mass is 240 g/mol. The van der Waals surface area contributed by atoms with Gasteiger partial charge >= 0.3 is 0 Å². The van der Waals surface area contributed by atoms with Crippen molar-refractivity contribution in [2.75, 3.05) is 21.0 Å². The Bertz CT molecular complexity index is 402. The second-order valence-corrected chi connectivity index (χ2v) is 3.84. The molecular formula is C12H16O5. The molecule has 5 nitrogen and oxygen atoms in total. The number of aliphatic hydroxyl groups excluding tert-OH is 1. The summed E-state index contributed by atoms with van der Waals surface area (Å²) in [5.74, 6) is 1.90. The van der Waals surface area contributed by atoms with E-state index in [1.54, 1.807) is 33.3 Å². The smallest absolute Gasteiger partial charge is 0.231 e. The van der Waals surface area contributed by atoms with Gasteiger partial charge in [0, 0.05) is 18.7 Å². The van der Waals surface area contributed by atoms with Crippen LogP contribution < -0.4 is 14.2 Å². The van der Waals surface area contributed by atoms with E-state index in [2.05, 4.69) is 0 Å². The lowest BCUT2D eigenvalue weighted by atomic mass is 10.0. The third kappa shape index (κ3) is 2.16. The van der Waals surface area contributed by atoms with Crippen molar-refractivity contribution in [3.63, 3.8) is 0 Å². The maximum Gasteiger partial charge on any atom is 0.231 e. The Morgan fingerprint density at radius 2 is 1.88 bits per heavy atom.